The maximum atomic E-state index is 13.0. The van der Waals surface area contributed by atoms with Crippen molar-refractivity contribution in [2.45, 2.75) is 43.5 Å². The Morgan fingerprint density at radius 2 is 1.96 bits per heavy atom. The Balaban J connectivity index is 1.66. The van der Waals surface area contributed by atoms with Gasteiger partial charge in [0.2, 0.25) is 15.9 Å². The molecule has 27 heavy (non-hydrogen) atoms. The number of nitrogens with one attached hydrogen (secondary N) is 1. The maximum Gasteiger partial charge on any atom is 0.243 e. The van der Waals surface area contributed by atoms with Gasteiger partial charge >= 0.3 is 0 Å². The molecule has 0 radical (unpaired) electrons. The first kappa shape index (κ1) is 20.3. The van der Waals surface area contributed by atoms with Gasteiger partial charge in [0.15, 0.2) is 0 Å². The number of nitrogens with zero attached hydrogens (tertiary/aromatic N) is 2. The molecule has 3 rings (SSSR count). The molecule has 8 heteroatoms. The second-order valence-electron chi connectivity index (χ2n) is 7.33. The monoisotopic (exact) mass is 395 g/mol. The number of hydrogen-bond donors (Lipinski definition) is 2. The Labute approximate surface area is 161 Å². The minimum absolute atomic E-state index is 0.0287. The lowest BCUT2D eigenvalue weighted by molar-refractivity contribution is -0.122. The molecule has 1 amide bonds. The van der Waals surface area contributed by atoms with Gasteiger partial charge in [-0.3, -0.25) is 9.69 Å². The number of aliphatic hydroxyl groups excluding tert-OH is 1. The Morgan fingerprint density at radius 3 is 2.52 bits per heavy atom. The molecule has 0 unspecified atom stereocenters. The van der Waals surface area contributed by atoms with Gasteiger partial charge in [0, 0.05) is 43.8 Å². The van der Waals surface area contributed by atoms with Crippen molar-refractivity contribution in [2.24, 2.45) is 5.92 Å². The van der Waals surface area contributed by atoms with Crippen LogP contribution < -0.4 is 5.32 Å². The van der Waals surface area contributed by atoms with Gasteiger partial charge in [0.25, 0.3) is 0 Å². The lowest BCUT2D eigenvalue weighted by Crippen LogP contribution is -2.52. The number of benzene rings is 1. The number of rotatable bonds is 7. The highest BCUT2D eigenvalue weighted by Gasteiger charge is 2.31. The van der Waals surface area contributed by atoms with Crippen LogP contribution in [-0.2, 0) is 14.8 Å². The third-order valence-electron chi connectivity index (χ3n) is 5.69. The lowest BCUT2D eigenvalue weighted by Gasteiger charge is -2.37. The maximum absolute atomic E-state index is 13.0. The summed E-state index contributed by atoms with van der Waals surface area (Å²) in [6, 6.07) is 6.59. The smallest absolute Gasteiger partial charge is 0.243 e. The zero-order valence-corrected chi connectivity index (χ0v) is 16.6. The molecule has 2 aliphatic rings. The van der Waals surface area contributed by atoms with Gasteiger partial charge in [-0.05, 0) is 37.5 Å². The summed E-state index contributed by atoms with van der Waals surface area (Å²) in [6.45, 7) is 4.13. The van der Waals surface area contributed by atoms with E-state index >= 15 is 0 Å². The molecule has 2 fully saturated rings. The fourth-order valence-corrected chi connectivity index (χ4v) is 5.08. The van der Waals surface area contributed by atoms with Crippen LogP contribution in [0.5, 0.6) is 0 Å². The number of anilines is 1. The Morgan fingerprint density at radius 1 is 1.26 bits per heavy atom. The standard InChI is InChI=1S/C19H29N3O4S/c1-2-17(14-23)21-9-11-22(12-10-21)27(25,26)18-8-4-7-16(13-18)20-19(24)15-5-3-6-15/h4,7-8,13,15,17,23H,2-3,5-6,9-12,14H2,1H3,(H,20,24)/t17-/m0/s1. The molecule has 1 aromatic carbocycles. The number of carbonyl (C=O) groups excluding carboxylic acids is 1. The van der Waals surface area contributed by atoms with Gasteiger partial charge in [-0.25, -0.2) is 8.42 Å². The molecular formula is C19H29N3O4S. The molecule has 7 nitrogen and oxygen atoms in total. The lowest BCUT2D eigenvalue weighted by atomic mass is 9.85. The highest BCUT2D eigenvalue weighted by Crippen LogP contribution is 2.28. The largest absolute Gasteiger partial charge is 0.395 e. The molecule has 1 aliphatic carbocycles. The molecule has 0 aromatic heterocycles. The average Bonchev–Trinajstić information content (AvgIpc) is 2.62. The summed E-state index contributed by atoms with van der Waals surface area (Å²) < 4.78 is 27.5. The minimum atomic E-state index is -3.60. The number of amides is 1. The van der Waals surface area contributed by atoms with Gasteiger partial charge in [-0.1, -0.05) is 19.4 Å². The van der Waals surface area contributed by atoms with Crippen molar-refractivity contribution in [1.29, 1.82) is 0 Å². The summed E-state index contributed by atoms with van der Waals surface area (Å²) in [4.78, 5) is 14.5. The molecule has 1 aliphatic heterocycles. The fourth-order valence-electron chi connectivity index (χ4n) is 3.61. The summed E-state index contributed by atoms with van der Waals surface area (Å²) >= 11 is 0. The Kier molecular flexibility index (Phi) is 6.52. The molecule has 1 aromatic rings. The van der Waals surface area contributed by atoms with Crippen LogP contribution in [-0.4, -0.2) is 67.5 Å². The van der Waals surface area contributed by atoms with Crippen molar-refractivity contribution >= 4 is 21.6 Å². The first-order valence-corrected chi connectivity index (χ1v) is 11.2. The molecule has 1 heterocycles. The number of aliphatic hydroxyl groups is 1. The van der Waals surface area contributed by atoms with E-state index in [9.17, 15) is 18.3 Å². The van der Waals surface area contributed by atoms with Gasteiger partial charge in [-0.15, -0.1) is 0 Å². The van der Waals surface area contributed by atoms with E-state index in [2.05, 4.69) is 10.2 Å². The third-order valence-corrected chi connectivity index (χ3v) is 7.58. The second kappa shape index (κ2) is 8.68. The van der Waals surface area contributed by atoms with Crippen molar-refractivity contribution < 1.29 is 18.3 Å². The van der Waals surface area contributed by atoms with E-state index in [4.69, 9.17) is 0 Å². The highest BCUT2D eigenvalue weighted by molar-refractivity contribution is 7.89. The summed E-state index contributed by atoms with van der Waals surface area (Å²) in [5.41, 5.74) is 0.526. The van der Waals surface area contributed by atoms with E-state index in [-0.39, 0.29) is 29.4 Å². The topological polar surface area (TPSA) is 89.9 Å². The number of piperazine rings is 1. The summed E-state index contributed by atoms with van der Waals surface area (Å²) in [6.07, 6.45) is 3.72. The van der Waals surface area contributed by atoms with Crippen LogP contribution in [0, 0.1) is 5.92 Å². The van der Waals surface area contributed by atoms with Gasteiger partial charge in [-0.2, -0.15) is 4.31 Å². The Bertz CT molecular complexity index is 752. The summed E-state index contributed by atoms with van der Waals surface area (Å²) in [5, 5.41) is 12.3. The van der Waals surface area contributed by atoms with Crippen LogP contribution in [0.15, 0.2) is 29.2 Å². The van der Waals surface area contributed by atoms with Gasteiger partial charge in [0.05, 0.1) is 11.5 Å². The molecule has 1 atom stereocenters. The van der Waals surface area contributed by atoms with E-state index in [1.54, 1.807) is 24.3 Å². The predicted octanol–water partition coefficient (Wildman–Crippen LogP) is 1.50. The van der Waals surface area contributed by atoms with Crippen molar-refractivity contribution in [3.8, 4) is 0 Å². The zero-order chi connectivity index (χ0) is 19.4. The summed E-state index contributed by atoms with van der Waals surface area (Å²) in [7, 11) is -3.60. The fraction of sp³-hybridized carbons (Fsp3) is 0.632. The van der Waals surface area contributed by atoms with E-state index in [0.29, 0.717) is 31.9 Å². The van der Waals surface area contributed by atoms with Crippen LogP contribution in [0.3, 0.4) is 0 Å². The van der Waals surface area contributed by atoms with Crippen molar-refractivity contribution in [1.82, 2.24) is 9.21 Å². The average molecular weight is 396 g/mol. The first-order chi connectivity index (χ1) is 13.0. The minimum Gasteiger partial charge on any atom is -0.395 e. The van der Waals surface area contributed by atoms with Crippen molar-refractivity contribution in [3.63, 3.8) is 0 Å². The van der Waals surface area contributed by atoms with Crippen LogP contribution in [0.1, 0.15) is 32.6 Å². The molecule has 2 N–H and O–H groups in total. The SMILES string of the molecule is CC[C@@H](CO)N1CCN(S(=O)(=O)c2cccc(NC(=O)C3CCC3)c2)CC1. The summed E-state index contributed by atoms with van der Waals surface area (Å²) in [5.74, 6) is 0.0235. The zero-order valence-electron chi connectivity index (χ0n) is 15.8. The van der Waals surface area contributed by atoms with E-state index in [1.807, 2.05) is 6.92 Å². The van der Waals surface area contributed by atoms with Crippen molar-refractivity contribution in [2.75, 3.05) is 38.1 Å². The molecule has 1 saturated heterocycles. The van der Waals surface area contributed by atoms with E-state index < -0.39 is 10.0 Å². The normalized spacial score (nSPS) is 20.8. The quantitative estimate of drug-likeness (QED) is 0.730. The molecule has 1 saturated carbocycles. The highest BCUT2D eigenvalue weighted by atomic mass is 32.2. The molecule has 0 bridgehead atoms. The first-order valence-electron chi connectivity index (χ1n) is 9.71. The van der Waals surface area contributed by atoms with Crippen LogP contribution in [0.2, 0.25) is 0 Å². The van der Waals surface area contributed by atoms with Crippen LogP contribution in [0.4, 0.5) is 5.69 Å². The molecule has 0 spiro atoms. The van der Waals surface area contributed by atoms with Gasteiger partial charge in [0.1, 0.15) is 0 Å². The number of hydrogen-bond acceptors (Lipinski definition) is 5. The Hall–Kier alpha value is -1.48. The third kappa shape index (κ3) is 4.51. The van der Waals surface area contributed by atoms with Crippen LogP contribution >= 0.6 is 0 Å². The van der Waals surface area contributed by atoms with E-state index in [1.165, 1.54) is 4.31 Å². The van der Waals surface area contributed by atoms with E-state index in [0.717, 1.165) is 25.7 Å². The molecule has 150 valence electrons. The van der Waals surface area contributed by atoms with Crippen molar-refractivity contribution in [3.05, 3.63) is 24.3 Å². The number of sulfonamides is 1. The van der Waals surface area contributed by atoms with Crippen LogP contribution in [0.25, 0.3) is 0 Å². The molecular weight excluding hydrogens is 366 g/mol. The number of carbonyl (C=O) groups is 1. The predicted molar refractivity (Wildman–Crippen MR) is 104 cm³/mol. The van der Waals surface area contributed by atoms with Gasteiger partial charge < -0.3 is 10.4 Å². The second-order valence-corrected chi connectivity index (χ2v) is 9.27.